The Morgan fingerprint density at radius 2 is 2.29 bits per heavy atom. The maximum Gasteiger partial charge on any atom is 0.119 e. The Morgan fingerprint density at radius 3 is 3.00 bits per heavy atom. The van der Waals surface area contributed by atoms with Crippen molar-refractivity contribution in [2.24, 2.45) is 0 Å². The SMILES string of the molecule is CNCc1cc(OCC2CN(C(C)C)CCO2)ccc1Br. The van der Waals surface area contributed by atoms with Gasteiger partial charge in [0.1, 0.15) is 18.5 Å². The van der Waals surface area contributed by atoms with Crippen LogP contribution in [0.4, 0.5) is 0 Å². The molecule has 1 heterocycles. The zero-order valence-corrected chi connectivity index (χ0v) is 14.6. The lowest BCUT2D eigenvalue weighted by molar-refractivity contribution is -0.0564. The highest BCUT2D eigenvalue weighted by molar-refractivity contribution is 9.10. The molecule has 4 nitrogen and oxygen atoms in total. The smallest absolute Gasteiger partial charge is 0.119 e. The van der Waals surface area contributed by atoms with Crippen LogP contribution < -0.4 is 10.1 Å². The van der Waals surface area contributed by atoms with Gasteiger partial charge in [0.15, 0.2) is 0 Å². The van der Waals surface area contributed by atoms with Crippen molar-refractivity contribution in [3.63, 3.8) is 0 Å². The van der Waals surface area contributed by atoms with Crippen LogP contribution in [0.25, 0.3) is 0 Å². The molecule has 118 valence electrons. The molecule has 0 radical (unpaired) electrons. The Labute approximate surface area is 135 Å². The van der Waals surface area contributed by atoms with E-state index in [-0.39, 0.29) is 6.10 Å². The molecule has 1 aliphatic heterocycles. The zero-order chi connectivity index (χ0) is 15.2. The van der Waals surface area contributed by atoms with Crippen molar-refractivity contribution in [1.82, 2.24) is 10.2 Å². The van der Waals surface area contributed by atoms with E-state index in [0.29, 0.717) is 12.6 Å². The minimum atomic E-state index is 0.151. The second-order valence-corrected chi connectivity index (χ2v) is 6.53. The predicted molar refractivity (Wildman–Crippen MR) is 88.8 cm³/mol. The molecule has 0 aliphatic carbocycles. The Hall–Kier alpha value is -0.620. The minimum absolute atomic E-state index is 0.151. The number of hydrogen-bond acceptors (Lipinski definition) is 4. The summed E-state index contributed by atoms with van der Waals surface area (Å²) in [5.41, 5.74) is 1.20. The van der Waals surface area contributed by atoms with Gasteiger partial charge >= 0.3 is 0 Å². The summed E-state index contributed by atoms with van der Waals surface area (Å²) in [7, 11) is 1.94. The first-order valence-corrected chi connectivity index (χ1v) is 8.31. The summed E-state index contributed by atoms with van der Waals surface area (Å²) in [6, 6.07) is 6.66. The highest BCUT2D eigenvalue weighted by Crippen LogP contribution is 2.23. The van der Waals surface area contributed by atoms with Crippen molar-refractivity contribution < 1.29 is 9.47 Å². The van der Waals surface area contributed by atoms with Gasteiger partial charge in [-0.15, -0.1) is 0 Å². The number of rotatable bonds is 6. The van der Waals surface area contributed by atoms with Crippen molar-refractivity contribution >= 4 is 15.9 Å². The van der Waals surface area contributed by atoms with Crippen molar-refractivity contribution in [3.05, 3.63) is 28.2 Å². The van der Waals surface area contributed by atoms with Crippen molar-refractivity contribution in [3.8, 4) is 5.75 Å². The maximum absolute atomic E-state index is 5.92. The van der Waals surface area contributed by atoms with E-state index in [2.05, 4.69) is 46.1 Å². The molecular formula is C16H25BrN2O2. The van der Waals surface area contributed by atoms with E-state index in [0.717, 1.165) is 36.5 Å². The molecule has 1 saturated heterocycles. The second kappa shape index (κ2) is 8.13. The first-order valence-electron chi connectivity index (χ1n) is 7.51. The van der Waals surface area contributed by atoms with E-state index in [1.807, 2.05) is 19.2 Å². The molecule has 2 rings (SSSR count). The summed E-state index contributed by atoms with van der Waals surface area (Å²) >= 11 is 3.56. The number of nitrogens with zero attached hydrogens (tertiary/aromatic N) is 1. The highest BCUT2D eigenvalue weighted by atomic mass is 79.9. The fourth-order valence-corrected chi connectivity index (χ4v) is 2.85. The first kappa shape index (κ1) is 16.7. The quantitative estimate of drug-likeness (QED) is 0.849. The minimum Gasteiger partial charge on any atom is -0.491 e. The molecule has 5 heteroatoms. The topological polar surface area (TPSA) is 33.7 Å². The van der Waals surface area contributed by atoms with Gasteiger partial charge in [0.2, 0.25) is 0 Å². The number of hydrogen-bond donors (Lipinski definition) is 1. The van der Waals surface area contributed by atoms with Crippen LogP contribution >= 0.6 is 15.9 Å². The first-order chi connectivity index (χ1) is 10.1. The van der Waals surface area contributed by atoms with Gasteiger partial charge in [-0.3, -0.25) is 4.90 Å². The molecular weight excluding hydrogens is 332 g/mol. The maximum atomic E-state index is 5.92. The van der Waals surface area contributed by atoms with Gasteiger partial charge in [-0.05, 0) is 44.7 Å². The summed E-state index contributed by atoms with van der Waals surface area (Å²) in [6.07, 6.45) is 0.151. The summed E-state index contributed by atoms with van der Waals surface area (Å²) < 4.78 is 12.8. The van der Waals surface area contributed by atoms with E-state index < -0.39 is 0 Å². The van der Waals surface area contributed by atoms with Crippen LogP contribution in [0.2, 0.25) is 0 Å². The third-order valence-corrected chi connectivity index (χ3v) is 4.49. The van der Waals surface area contributed by atoms with E-state index in [4.69, 9.17) is 9.47 Å². The van der Waals surface area contributed by atoms with Crippen molar-refractivity contribution in [2.75, 3.05) is 33.4 Å². The standard InChI is InChI=1S/C16H25BrN2O2/c1-12(2)19-6-7-20-15(10-19)11-21-14-4-5-16(17)13(8-14)9-18-3/h4-5,8,12,15,18H,6-7,9-11H2,1-3H3. The molecule has 0 amide bonds. The predicted octanol–water partition coefficient (Wildman–Crippen LogP) is 2.66. The third kappa shape index (κ3) is 4.95. The van der Waals surface area contributed by atoms with E-state index in [9.17, 15) is 0 Å². The van der Waals surface area contributed by atoms with Gasteiger partial charge in [-0.2, -0.15) is 0 Å². The molecule has 0 saturated carbocycles. The fourth-order valence-electron chi connectivity index (χ4n) is 2.47. The average Bonchev–Trinajstić information content (AvgIpc) is 2.48. The van der Waals surface area contributed by atoms with E-state index in [1.54, 1.807) is 0 Å². The molecule has 1 N–H and O–H groups in total. The lowest BCUT2D eigenvalue weighted by Crippen LogP contribution is -2.47. The number of morpholine rings is 1. The van der Waals surface area contributed by atoms with Crippen LogP contribution in [0.3, 0.4) is 0 Å². The largest absolute Gasteiger partial charge is 0.491 e. The van der Waals surface area contributed by atoms with Crippen LogP contribution in [0.5, 0.6) is 5.75 Å². The van der Waals surface area contributed by atoms with Gasteiger partial charge in [0, 0.05) is 30.1 Å². The molecule has 1 atom stereocenters. The number of ether oxygens (including phenoxy) is 2. The lowest BCUT2D eigenvalue weighted by atomic mass is 10.2. The van der Waals surface area contributed by atoms with Crippen LogP contribution in [0.15, 0.2) is 22.7 Å². The summed E-state index contributed by atoms with van der Waals surface area (Å²) in [4.78, 5) is 2.44. The Bertz CT molecular complexity index is 454. The molecule has 0 bridgehead atoms. The molecule has 1 aliphatic rings. The van der Waals surface area contributed by atoms with Gasteiger partial charge in [0.05, 0.1) is 6.61 Å². The van der Waals surface area contributed by atoms with Gasteiger partial charge in [-0.1, -0.05) is 15.9 Å². The molecule has 1 fully saturated rings. The molecule has 21 heavy (non-hydrogen) atoms. The number of halogens is 1. The molecule has 1 unspecified atom stereocenters. The molecule has 1 aromatic rings. The second-order valence-electron chi connectivity index (χ2n) is 5.68. The normalized spacial score (nSPS) is 20.0. The Morgan fingerprint density at radius 1 is 1.48 bits per heavy atom. The van der Waals surface area contributed by atoms with Crippen molar-refractivity contribution in [2.45, 2.75) is 32.5 Å². The molecule has 0 aromatic heterocycles. The summed E-state index contributed by atoms with van der Waals surface area (Å²) in [6.45, 7) is 8.61. The van der Waals surface area contributed by atoms with Gasteiger partial charge in [0.25, 0.3) is 0 Å². The van der Waals surface area contributed by atoms with Gasteiger partial charge in [-0.25, -0.2) is 0 Å². The lowest BCUT2D eigenvalue weighted by Gasteiger charge is -2.35. The van der Waals surface area contributed by atoms with Crippen LogP contribution in [0, 0.1) is 0 Å². The van der Waals surface area contributed by atoms with Crippen LogP contribution in [-0.2, 0) is 11.3 Å². The van der Waals surface area contributed by atoms with E-state index >= 15 is 0 Å². The number of nitrogens with one attached hydrogen (secondary N) is 1. The molecule has 0 spiro atoms. The van der Waals surface area contributed by atoms with E-state index in [1.165, 1.54) is 5.56 Å². The summed E-state index contributed by atoms with van der Waals surface area (Å²) in [5.74, 6) is 0.897. The van der Waals surface area contributed by atoms with Crippen LogP contribution in [-0.4, -0.2) is 50.4 Å². The van der Waals surface area contributed by atoms with Crippen LogP contribution in [0.1, 0.15) is 19.4 Å². The monoisotopic (exact) mass is 356 g/mol. The van der Waals surface area contributed by atoms with Gasteiger partial charge < -0.3 is 14.8 Å². The van der Waals surface area contributed by atoms with Crippen molar-refractivity contribution in [1.29, 1.82) is 0 Å². The Balaban J connectivity index is 1.89. The third-order valence-electron chi connectivity index (χ3n) is 3.72. The fraction of sp³-hybridized carbons (Fsp3) is 0.625. The summed E-state index contributed by atoms with van der Waals surface area (Å²) in [5, 5.41) is 3.16. The average molecular weight is 357 g/mol. The Kier molecular flexibility index (Phi) is 6.48. The number of benzene rings is 1. The zero-order valence-electron chi connectivity index (χ0n) is 13.1. The highest BCUT2D eigenvalue weighted by Gasteiger charge is 2.22. The molecule has 1 aromatic carbocycles.